The highest BCUT2D eigenvalue weighted by atomic mass is 16.7. The average molecular weight is 803 g/mol. The normalized spacial score (nSPS) is 21.0. The first kappa shape index (κ1) is 52.2. The van der Waals surface area contributed by atoms with E-state index >= 15 is 0 Å². The fourth-order valence-corrected chi connectivity index (χ4v) is 6.15. The van der Waals surface area contributed by atoms with E-state index in [4.69, 9.17) is 18.9 Å². The summed E-state index contributed by atoms with van der Waals surface area (Å²) < 4.78 is 22.0. The van der Waals surface area contributed by atoms with Crippen LogP contribution in [0, 0.1) is 0 Å². The van der Waals surface area contributed by atoms with Gasteiger partial charge in [-0.15, -0.1) is 0 Å². The standard InChI is InChI=1S/C47H78O10/c1-3-5-7-9-11-13-15-17-18-19-20-21-22-24-26-28-30-32-34-36-43(50)56-40(39-55-47-46(53)45(52)44(51)41(37-48)57-47)38-54-42(49)35-33-31-29-27-25-23-16-14-12-10-8-6-4-2/h5,7,11,13,17-18,20-21,24,26,30,32,40-41,44-48,51-53H,3-4,6,8-10,12,14-16,19,22-23,25,27-29,31,33-39H2,1-2H3/b7-5+,13-11+,18-17+,21-20+,26-24+,32-30+/t40-,41-,44+,45?,46?,47-/m1/s1. The zero-order valence-corrected chi connectivity index (χ0v) is 35.3. The van der Waals surface area contributed by atoms with Gasteiger partial charge < -0.3 is 39.4 Å². The molecule has 1 fully saturated rings. The highest BCUT2D eigenvalue weighted by molar-refractivity contribution is 5.70. The summed E-state index contributed by atoms with van der Waals surface area (Å²) >= 11 is 0. The molecular formula is C47H78O10. The molecule has 0 saturated carbocycles. The number of carbonyl (C=O) groups excluding carboxylic acids is 2. The van der Waals surface area contributed by atoms with Crippen molar-refractivity contribution in [1.82, 2.24) is 0 Å². The minimum Gasteiger partial charge on any atom is -0.462 e. The zero-order valence-electron chi connectivity index (χ0n) is 35.3. The van der Waals surface area contributed by atoms with Crippen LogP contribution in [0.15, 0.2) is 72.9 Å². The Morgan fingerprint density at radius 2 is 1.04 bits per heavy atom. The summed E-state index contributed by atoms with van der Waals surface area (Å²) in [5.41, 5.74) is 0. The van der Waals surface area contributed by atoms with Crippen molar-refractivity contribution in [2.75, 3.05) is 19.8 Å². The van der Waals surface area contributed by atoms with Gasteiger partial charge in [0.2, 0.25) is 0 Å². The number of esters is 2. The highest BCUT2D eigenvalue weighted by Gasteiger charge is 2.44. The van der Waals surface area contributed by atoms with Crippen LogP contribution in [-0.4, -0.2) is 89.0 Å². The van der Waals surface area contributed by atoms with E-state index in [1.807, 2.05) is 12.2 Å². The molecule has 1 heterocycles. The number of hydrogen-bond acceptors (Lipinski definition) is 10. The van der Waals surface area contributed by atoms with Crippen molar-refractivity contribution in [2.24, 2.45) is 0 Å². The maximum absolute atomic E-state index is 12.7. The van der Waals surface area contributed by atoms with Gasteiger partial charge in [-0.3, -0.25) is 9.59 Å². The second-order valence-corrected chi connectivity index (χ2v) is 14.8. The highest BCUT2D eigenvalue weighted by Crippen LogP contribution is 2.22. The van der Waals surface area contributed by atoms with Gasteiger partial charge in [-0.2, -0.15) is 0 Å². The van der Waals surface area contributed by atoms with Gasteiger partial charge in [-0.25, -0.2) is 0 Å². The Morgan fingerprint density at radius 1 is 0.561 bits per heavy atom. The van der Waals surface area contributed by atoms with Crippen LogP contribution in [0.5, 0.6) is 0 Å². The Labute approximate surface area is 344 Å². The van der Waals surface area contributed by atoms with Crippen molar-refractivity contribution in [3.05, 3.63) is 72.9 Å². The van der Waals surface area contributed by atoms with E-state index in [1.54, 1.807) is 0 Å². The molecule has 10 nitrogen and oxygen atoms in total. The van der Waals surface area contributed by atoms with Crippen LogP contribution in [0.2, 0.25) is 0 Å². The predicted molar refractivity (Wildman–Crippen MR) is 228 cm³/mol. The van der Waals surface area contributed by atoms with E-state index in [2.05, 4.69) is 74.6 Å². The summed E-state index contributed by atoms with van der Waals surface area (Å²) in [4.78, 5) is 25.3. The summed E-state index contributed by atoms with van der Waals surface area (Å²) in [7, 11) is 0. The summed E-state index contributed by atoms with van der Waals surface area (Å²) in [5.74, 6) is -0.908. The van der Waals surface area contributed by atoms with E-state index < -0.39 is 55.4 Å². The molecule has 0 radical (unpaired) electrons. The number of rotatable bonds is 35. The monoisotopic (exact) mass is 803 g/mol. The van der Waals surface area contributed by atoms with E-state index in [-0.39, 0.29) is 26.1 Å². The molecule has 57 heavy (non-hydrogen) atoms. The van der Waals surface area contributed by atoms with Gasteiger partial charge in [-0.05, 0) is 51.4 Å². The quantitative estimate of drug-likeness (QED) is 0.0277. The summed E-state index contributed by atoms with van der Waals surface area (Å²) in [6, 6.07) is 0. The van der Waals surface area contributed by atoms with E-state index in [1.165, 1.54) is 57.8 Å². The van der Waals surface area contributed by atoms with Crippen molar-refractivity contribution in [1.29, 1.82) is 0 Å². The topological polar surface area (TPSA) is 152 Å². The number of allylic oxidation sites excluding steroid dienone is 12. The Balaban J connectivity index is 2.41. The van der Waals surface area contributed by atoms with Crippen LogP contribution in [-0.2, 0) is 28.5 Å². The third kappa shape index (κ3) is 29.1. The van der Waals surface area contributed by atoms with Gasteiger partial charge >= 0.3 is 11.9 Å². The minimum atomic E-state index is -1.61. The third-order valence-corrected chi connectivity index (χ3v) is 9.62. The second kappa shape index (κ2) is 37.4. The molecule has 10 heteroatoms. The van der Waals surface area contributed by atoms with Crippen LogP contribution in [0.4, 0.5) is 0 Å². The van der Waals surface area contributed by atoms with Crippen molar-refractivity contribution in [3.63, 3.8) is 0 Å². The molecule has 4 N–H and O–H groups in total. The number of unbranched alkanes of at least 4 members (excludes halogenated alkanes) is 12. The first-order chi connectivity index (χ1) is 27.8. The SMILES string of the molecule is CC/C=C/C/C=C/C/C=C/C/C=C/C/C=C/C/C=C/CCC(=O)O[C@H](COC(=O)CCCCCCCCCCCCCCC)CO[C@@H]1O[C@H](CO)[C@H](O)C(O)C1O. The lowest BCUT2D eigenvalue weighted by Gasteiger charge is -2.39. The lowest BCUT2D eigenvalue weighted by molar-refractivity contribution is -0.305. The number of hydrogen-bond donors (Lipinski definition) is 4. The van der Waals surface area contributed by atoms with Gasteiger partial charge in [0.25, 0.3) is 0 Å². The first-order valence-electron chi connectivity index (χ1n) is 22.0. The Morgan fingerprint density at radius 3 is 1.53 bits per heavy atom. The molecule has 0 aliphatic carbocycles. The molecule has 0 aromatic heterocycles. The van der Waals surface area contributed by atoms with Crippen LogP contribution in [0.1, 0.15) is 155 Å². The van der Waals surface area contributed by atoms with Crippen molar-refractivity contribution in [3.8, 4) is 0 Å². The predicted octanol–water partition coefficient (Wildman–Crippen LogP) is 9.22. The molecule has 0 aromatic carbocycles. The Hall–Kier alpha value is -2.86. The maximum Gasteiger partial charge on any atom is 0.306 e. The summed E-state index contributed by atoms with van der Waals surface area (Å²) in [6.07, 6.45) is 39.2. The first-order valence-corrected chi connectivity index (χ1v) is 22.0. The summed E-state index contributed by atoms with van der Waals surface area (Å²) in [6.45, 7) is 3.22. The third-order valence-electron chi connectivity index (χ3n) is 9.62. The number of ether oxygens (including phenoxy) is 4. The minimum absolute atomic E-state index is 0.103. The van der Waals surface area contributed by atoms with Gasteiger partial charge in [-0.1, -0.05) is 164 Å². The lowest BCUT2D eigenvalue weighted by atomic mass is 9.99. The van der Waals surface area contributed by atoms with E-state index in [0.717, 1.165) is 57.8 Å². The summed E-state index contributed by atoms with van der Waals surface area (Å²) in [5, 5.41) is 40.0. The molecule has 0 bridgehead atoms. The fourth-order valence-electron chi connectivity index (χ4n) is 6.15. The van der Waals surface area contributed by atoms with Gasteiger partial charge in [0.15, 0.2) is 12.4 Å². The number of aliphatic hydroxyl groups excluding tert-OH is 4. The molecule has 1 rings (SSSR count). The second-order valence-electron chi connectivity index (χ2n) is 14.8. The largest absolute Gasteiger partial charge is 0.462 e. The van der Waals surface area contributed by atoms with Crippen molar-refractivity contribution in [2.45, 2.75) is 192 Å². The zero-order chi connectivity index (χ0) is 41.6. The molecule has 326 valence electrons. The molecule has 1 aliphatic heterocycles. The smallest absolute Gasteiger partial charge is 0.306 e. The van der Waals surface area contributed by atoms with Gasteiger partial charge in [0, 0.05) is 12.8 Å². The Kier molecular flexibility index (Phi) is 34.2. The van der Waals surface area contributed by atoms with Gasteiger partial charge in [0.05, 0.1) is 13.2 Å². The molecule has 0 amide bonds. The molecule has 6 atom stereocenters. The molecule has 1 saturated heterocycles. The van der Waals surface area contributed by atoms with Gasteiger partial charge in [0.1, 0.15) is 31.0 Å². The van der Waals surface area contributed by atoms with Crippen molar-refractivity contribution < 1.29 is 49.0 Å². The maximum atomic E-state index is 12.7. The molecular weight excluding hydrogens is 725 g/mol. The van der Waals surface area contributed by atoms with Crippen molar-refractivity contribution >= 4 is 11.9 Å². The van der Waals surface area contributed by atoms with E-state index in [0.29, 0.717) is 12.8 Å². The number of carbonyl (C=O) groups is 2. The molecule has 0 spiro atoms. The molecule has 1 aliphatic rings. The van der Waals surface area contributed by atoms with Crippen LogP contribution >= 0.6 is 0 Å². The number of aliphatic hydroxyl groups is 4. The van der Waals surface area contributed by atoms with Crippen LogP contribution < -0.4 is 0 Å². The Bertz CT molecular complexity index is 1160. The van der Waals surface area contributed by atoms with Crippen LogP contribution in [0.3, 0.4) is 0 Å². The fraction of sp³-hybridized carbons (Fsp3) is 0.702. The molecule has 0 aromatic rings. The van der Waals surface area contributed by atoms with Crippen LogP contribution in [0.25, 0.3) is 0 Å². The lowest BCUT2D eigenvalue weighted by Crippen LogP contribution is -2.59. The van der Waals surface area contributed by atoms with E-state index in [9.17, 15) is 30.0 Å². The average Bonchev–Trinajstić information content (AvgIpc) is 3.21. The molecule has 2 unspecified atom stereocenters.